The van der Waals surface area contributed by atoms with Crippen molar-refractivity contribution in [1.82, 2.24) is 5.32 Å². The van der Waals surface area contributed by atoms with Crippen LogP contribution in [0.5, 0.6) is 0 Å². The van der Waals surface area contributed by atoms with Gasteiger partial charge in [-0.2, -0.15) is 0 Å². The van der Waals surface area contributed by atoms with Gasteiger partial charge in [0.05, 0.1) is 11.3 Å². The Morgan fingerprint density at radius 2 is 1.85 bits per heavy atom. The second-order valence-electron chi connectivity index (χ2n) is 5.54. The van der Waals surface area contributed by atoms with Gasteiger partial charge in [0.2, 0.25) is 0 Å². The summed E-state index contributed by atoms with van der Waals surface area (Å²) in [5.41, 5.74) is 3.79. The molecule has 4 heteroatoms. The summed E-state index contributed by atoms with van der Waals surface area (Å²) in [6.07, 6.45) is 6.02. The van der Waals surface area contributed by atoms with Crippen molar-refractivity contribution in [3.8, 4) is 0 Å². The number of amides is 1. The normalized spacial score (nSPS) is 10.6. The van der Waals surface area contributed by atoms with Crippen molar-refractivity contribution in [2.45, 2.75) is 46.0 Å². The van der Waals surface area contributed by atoms with Crippen LogP contribution >= 0.6 is 0 Å². The molecule has 0 aliphatic carbocycles. The Morgan fingerprint density at radius 3 is 2.55 bits per heavy atom. The predicted octanol–water partition coefficient (Wildman–Crippen LogP) is 3.31. The number of hydrogen-bond donors (Lipinski definition) is 3. The quantitative estimate of drug-likeness (QED) is 0.368. The molecule has 0 aliphatic rings. The Balaban J connectivity index is 2.20. The largest absolute Gasteiger partial charge is 0.352 e. The SMILES string of the molecule is CC(C)CCCCCCNC(=O)c1ccccc1NN. The molecular weight excluding hydrogens is 250 g/mol. The van der Waals surface area contributed by atoms with E-state index in [2.05, 4.69) is 24.6 Å². The van der Waals surface area contributed by atoms with Gasteiger partial charge in [-0.3, -0.25) is 10.6 Å². The summed E-state index contributed by atoms with van der Waals surface area (Å²) >= 11 is 0. The number of nitrogens with two attached hydrogens (primary N) is 1. The monoisotopic (exact) mass is 277 g/mol. The number of nitrogen functional groups attached to an aromatic ring is 1. The fourth-order valence-electron chi connectivity index (χ4n) is 2.14. The second kappa shape index (κ2) is 9.37. The average molecular weight is 277 g/mol. The van der Waals surface area contributed by atoms with E-state index >= 15 is 0 Å². The highest BCUT2D eigenvalue weighted by Gasteiger charge is 2.08. The summed E-state index contributed by atoms with van der Waals surface area (Å²) in [4.78, 5) is 12.0. The molecule has 20 heavy (non-hydrogen) atoms. The topological polar surface area (TPSA) is 67.2 Å². The van der Waals surface area contributed by atoms with Gasteiger partial charge in [0.1, 0.15) is 0 Å². The van der Waals surface area contributed by atoms with Crippen LogP contribution in [-0.4, -0.2) is 12.5 Å². The van der Waals surface area contributed by atoms with Crippen molar-refractivity contribution in [3.05, 3.63) is 29.8 Å². The number of nitrogens with one attached hydrogen (secondary N) is 2. The van der Waals surface area contributed by atoms with Crippen molar-refractivity contribution < 1.29 is 4.79 Å². The van der Waals surface area contributed by atoms with Crippen LogP contribution in [0.1, 0.15) is 56.3 Å². The van der Waals surface area contributed by atoms with Crippen LogP contribution in [0.25, 0.3) is 0 Å². The van der Waals surface area contributed by atoms with Crippen LogP contribution in [0.15, 0.2) is 24.3 Å². The van der Waals surface area contributed by atoms with E-state index in [1.54, 1.807) is 12.1 Å². The number of carbonyl (C=O) groups excluding carboxylic acids is 1. The summed E-state index contributed by atoms with van der Waals surface area (Å²) in [7, 11) is 0. The van der Waals surface area contributed by atoms with Crippen molar-refractivity contribution in [1.29, 1.82) is 0 Å². The van der Waals surface area contributed by atoms with Gasteiger partial charge in [-0.25, -0.2) is 0 Å². The average Bonchev–Trinajstić information content (AvgIpc) is 2.45. The van der Waals surface area contributed by atoms with E-state index in [4.69, 9.17) is 5.84 Å². The van der Waals surface area contributed by atoms with Gasteiger partial charge in [-0.15, -0.1) is 0 Å². The van der Waals surface area contributed by atoms with Crippen LogP contribution in [-0.2, 0) is 0 Å². The molecule has 0 bridgehead atoms. The molecular formula is C16H27N3O. The molecule has 1 aromatic rings. The number of rotatable bonds is 9. The number of hydrogen-bond acceptors (Lipinski definition) is 3. The molecule has 4 N–H and O–H groups in total. The highest BCUT2D eigenvalue weighted by Crippen LogP contribution is 2.13. The van der Waals surface area contributed by atoms with Gasteiger partial charge in [0, 0.05) is 6.54 Å². The van der Waals surface area contributed by atoms with Crippen LogP contribution in [0.2, 0.25) is 0 Å². The number of hydrazine groups is 1. The van der Waals surface area contributed by atoms with Gasteiger partial charge in [-0.05, 0) is 24.5 Å². The van der Waals surface area contributed by atoms with Crippen molar-refractivity contribution in [2.75, 3.05) is 12.0 Å². The summed E-state index contributed by atoms with van der Waals surface area (Å²) in [6.45, 7) is 5.23. The minimum Gasteiger partial charge on any atom is -0.352 e. The Kier molecular flexibility index (Phi) is 7.73. The molecule has 0 fully saturated rings. The maximum absolute atomic E-state index is 12.0. The predicted molar refractivity (Wildman–Crippen MR) is 84.5 cm³/mol. The first-order chi connectivity index (χ1) is 9.65. The smallest absolute Gasteiger partial charge is 0.253 e. The Hall–Kier alpha value is -1.55. The Bertz CT molecular complexity index is 404. The molecule has 0 unspecified atom stereocenters. The first-order valence-corrected chi connectivity index (χ1v) is 7.49. The highest BCUT2D eigenvalue weighted by atomic mass is 16.1. The fraction of sp³-hybridized carbons (Fsp3) is 0.562. The molecule has 0 radical (unpaired) electrons. The number of unbranched alkanes of at least 4 members (excludes halogenated alkanes) is 3. The minimum atomic E-state index is -0.0688. The zero-order valence-corrected chi connectivity index (χ0v) is 12.6. The molecule has 112 valence electrons. The molecule has 4 nitrogen and oxygen atoms in total. The van der Waals surface area contributed by atoms with E-state index in [1.807, 2.05) is 12.1 Å². The van der Waals surface area contributed by atoms with E-state index in [0.29, 0.717) is 11.3 Å². The van der Waals surface area contributed by atoms with Crippen LogP contribution in [0, 0.1) is 5.92 Å². The summed E-state index contributed by atoms with van der Waals surface area (Å²) in [6, 6.07) is 7.25. The van der Waals surface area contributed by atoms with E-state index in [1.165, 1.54) is 25.7 Å². The van der Waals surface area contributed by atoms with Gasteiger partial charge < -0.3 is 10.7 Å². The lowest BCUT2D eigenvalue weighted by Gasteiger charge is -2.09. The zero-order valence-electron chi connectivity index (χ0n) is 12.6. The van der Waals surface area contributed by atoms with Crippen molar-refractivity contribution in [3.63, 3.8) is 0 Å². The van der Waals surface area contributed by atoms with Crippen LogP contribution in [0.3, 0.4) is 0 Å². The maximum atomic E-state index is 12.0. The summed E-state index contributed by atoms with van der Waals surface area (Å²) in [5, 5.41) is 2.94. The third-order valence-corrected chi connectivity index (χ3v) is 3.32. The molecule has 0 atom stereocenters. The third kappa shape index (κ3) is 6.06. The molecule has 0 spiro atoms. The number of para-hydroxylation sites is 1. The lowest BCUT2D eigenvalue weighted by atomic mass is 10.0. The molecule has 0 heterocycles. The Morgan fingerprint density at radius 1 is 1.15 bits per heavy atom. The first-order valence-electron chi connectivity index (χ1n) is 7.49. The lowest BCUT2D eigenvalue weighted by Crippen LogP contribution is -2.26. The molecule has 1 amide bonds. The van der Waals surface area contributed by atoms with Gasteiger partial charge in [0.25, 0.3) is 5.91 Å². The Labute approximate surface area is 122 Å². The summed E-state index contributed by atoms with van der Waals surface area (Å²) < 4.78 is 0. The standard InChI is InChI=1S/C16H27N3O/c1-13(2)9-5-3-4-8-12-18-16(20)14-10-6-7-11-15(14)19-17/h6-7,10-11,13,19H,3-5,8-9,12,17H2,1-2H3,(H,18,20). The van der Waals surface area contributed by atoms with Crippen molar-refractivity contribution >= 4 is 11.6 Å². The fourth-order valence-corrected chi connectivity index (χ4v) is 2.14. The van der Waals surface area contributed by atoms with Crippen LogP contribution in [0.4, 0.5) is 5.69 Å². The van der Waals surface area contributed by atoms with E-state index < -0.39 is 0 Å². The van der Waals surface area contributed by atoms with E-state index in [0.717, 1.165) is 18.9 Å². The molecule has 1 rings (SSSR count). The molecule has 0 saturated heterocycles. The third-order valence-electron chi connectivity index (χ3n) is 3.32. The number of anilines is 1. The zero-order chi connectivity index (χ0) is 14.8. The van der Waals surface area contributed by atoms with E-state index in [-0.39, 0.29) is 5.91 Å². The second-order valence-corrected chi connectivity index (χ2v) is 5.54. The van der Waals surface area contributed by atoms with Gasteiger partial charge >= 0.3 is 0 Å². The highest BCUT2D eigenvalue weighted by molar-refractivity contribution is 5.99. The summed E-state index contributed by atoms with van der Waals surface area (Å²) in [5.74, 6) is 6.11. The molecule has 0 aromatic heterocycles. The lowest BCUT2D eigenvalue weighted by molar-refractivity contribution is 0.0953. The van der Waals surface area contributed by atoms with Crippen molar-refractivity contribution in [2.24, 2.45) is 11.8 Å². The number of carbonyl (C=O) groups is 1. The number of benzene rings is 1. The molecule has 0 aliphatic heterocycles. The van der Waals surface area contributed by atoms with Crippen LogP contribution < -0.4 is 16.6 Å². The van der Waals surface area contributed by atoms with E-state index in [9.17, 15) is 4.79 Å². The van der Waals surface area contributed by atoms with Gasteiger partial charge in [-0.1, -0.05) is 51.7 Å². The molecule has 1 aromatic carbocycles. The first kappa shape index (κ1) is 16.5. The maximum Gasteiger partial charge on any atom is 0.253 e. The molecule has 0 saturated carbocycles. The van der Waals surface area contributed by atoms with Gasteiger partial charge in [0.15, 0.2) is 0 Å². The minimum absolute atomic E-state index is 0.0688.